The molecule has 1 aliphatic carbocycles. The van der Waals surface area contributed by atoms with Gasteiger partial charge in [0.15, 0.2) is 5.78 Å². The number of hydrogen-bond donors (Lipinski definition) is 1. The average Bonchev–Trinajstić information content (AvgIpc) is 2.48. The third-order valence-corrected chi connectivity index (χ3v) is 4.17. The van der Waals surface area contributed by atoms with Crippen molar-refractivity contribution in [1.82, 2.24) is 5.32 Å². The second-order valence-corrected chi connectivity index (χ2v) is 5.77. The molecule has 0 heterocycles. The van der Waals surface area contributed by atoms with Gasteiger partial charge in [-0.2, -0.15) is 0 Å². The van der Waals surface area contributed by atoms with Gasteiger partial charge in [-0.3, -0.25) is 4.79 Å². The van der Waals surface area contributed by atoms with Crippen molar-refractivity contribution in [3.8, 4) is 0 Å². The topological polar surface area (TPSA) is 29.1 Å². The van der Waals surface area contributed by atoms with E-state index in [4.69, 9.17) is 0 Å². The number of benzene rings is 1. The van der Waals surface area contributed by atoms with Gasteiger partial charge in [-0.1, -0.05) is 49.6 Å². The Morgan fingerprint density at radius 2 is 1.89 bits per heavy atom. The van der Waals surface area contributed by atoms with Crippen LogP contribution in [-0.4, -0.2) is 18.1 Å². The van der Waals surface area contributed by atoms with E-state index in [0.29, 0.717) is 6.04 Å². The van der Waals surface area contributed by atoms with Crippen LogP contribution >= 0.6 is 11.8 Å². The molecule has 0 unspecified atom stereocenters. The highest BCUT2D eigenvalue weighted by atomic mass is 32.2. The monoisotopic (exact) mass is 275 g/mol. The summed E-state index contributed by atoms with van der Waals surface area (Å²) < 4.78 is 0. The quantitative estimate of drug-likeness (QED) is 0.650. The molecule has 1 saturated carbocycles. The highest BCUT2D eigenvalue weighted by molar-refractivity contribution is 8.02. The first kappa shape index (κ1) is 14.2. The van der Waals surface area contributed by atoms with E-state index in [1.165, 1.54) is 32.1 Å². The van der Waals surface area contributed by atoms with Crippen molar-refractivity contribution in [3.63, 3.8) is 0 Å². The molecule has 3 heteroatoms. The predicted molar refractivity (Wildman–Crippen MR) is 82.4 cm³/mol. The first-order valence-corrected chi connectivity index (χ1v) is 8.13. The largest absolute Gasteiger partial charge is 0.377 e. The van der Waals surface area contributed by atoms with Gasteiger partial charge in [-0.25, -0.2) is 0 Å². The summed E-state index contributed by atoms with van der Waals surface area (Å²) in [6.07, 6.45) is 10.1. The van der Waals surface area contributed by atoms with Crippen LogP contribution in [0.3, 0.4) is 0 Å². The van der Waals surface area contributed by atoms with E-state index < -0.39 is 0 Å². The van der Waals surface area contributed by atoms with Crippen molar-refractivity contribution in [3.05, 3.63) is 47.0 Å². The van der Waals surface area contributed by atoms with E-state index in [1.54, 1.807) is 17.8 Å². The molecule has 0 aromatic heterocycles. The minimum atomic E-state index is 0.0771. The molecule has 2 rings (SSSR count). The highest BCUT2D eigenvalue weighted by Crippen LogP contribution is 2.21. The SMILES string of the molecule is CSC(=CC(=O)c1ccccc1)NC1CCCCC1. The van der Waals surface area contributed by atoms with Crippen molar-refractivity contribution < 1.29 is 4.79 Å². The van der Waals surface area contributed by atoms with Crippen molar-refractivity contribution in [1.29, 1.82) is 0 Å². The van der Waals surface area contributed by atoms with Gasteiger partial charge in [0, 0.05) is 17.7 Å². The minimum Gasteiger partial charge on any atom is -0.377 e. The molecule has 1 aromatic carbocycles. The molecule has 19 heavy (non-hydrogen) atoms. The van der Waals surface area contributed by atoms with E-state index in [1.807, 2.05) is 36.6 Å². The lowest BCUT2D eigenvalue weighted by atomic mass is 9.96. The Morgan fingerprint density at radius 1 is 1.21 bits per heavy atom. The number of ketones is 1. The summed E-state index contributed by atoms with van der Waals surface area (Å²) in [4.78, 5) is 12.1. The van der Waals surface area contributed by atoms with Crippen LogP contribution < -0.4 is 5.32 Å². The highest BCUT2D eigenvalue weighted by Gasteiger charge is 2.14. The zero-order valence-electron chi connectivity index (χ0n) is 11.4. The normalized spacial score (nSPS) is 17.2. The Balaban J connectivity index is 1.99. The second kappa shape index (κ2) is 7.39. The van der Waals surface area contributed by atoms with Gasteiger partial charge in [-0.15, -0.1) is 11.8 Å². The Kier molecular flexibility index (Phi) is 5.52. The maximum Gasteiger partial charge on any atom is 0.188 e. The lowest BCUT2D eigenvalue weighted by Gasteiger charge is -2.24. The molecule has 1 fully saturated rings. The average molecular weight is 275 g/mol. The molecule has 1 N–H and O–H groups in total. The molecule has 1 aromatic rings. The van der Waals surface area contributed by atoms with Crippen molar-refractivity contribution >= 4 is 17.5 Å². The van der Waals surface area contributed by atoms with Gasteiger partial charge >= 0.3 is 0 Å². The van der Waals surface area contributed by atoms with Gasteiger partial charge in [0.1, 0.15) is 0 Å². The first-order valence-electron chi connectivity index (χ1n) is 6.91. The number of thioether (sulfide) groups is 1. The Bertz CT molecular complexity index is 435. The van der Waals surface area contributed by atoms with Gasteiger partial charge in [0.05, 0.1) is 5.03 Å². The van der Waals surface area contributed by atoms with E-state index in [0.717, 1.165) is 10.6 Å². The van der Waals surface area contributed by atoms with Crippen LogP contribution in [0.15, 0.2) is 41.4 Å². The molecule has 0 aliphatic heterocycles. The smallest absolute Gasteiger partial charge is 0.188 e. The zero-order chi connectivity index (χ0) is 13.5. The van der Waals surface area contributed by atoms with Crippen LogP contribution in [0.4, 0.5) is 0 Å². The van der Waals surface area contributed by atoms with Crippen molar-refractivity contribution in [2.75, 3.05) is 6.26 Å². The number of carbonyl (C=O) groups excluding carboxylic acids is 1. The molecule has 102 valence electrons. The first-order chi connectivity index (χ1) is 9.29. The van der Waals surface area contributed by atoms with Crippen LogP contribution in [0.1, 0.15) is 42.5 Å². The Morgan fingerprint density at radius 3 is 2.53 bits per heavy atom. The van der Waals surface area contributed by atoms with Crippen LogP contribution in [-0.2, 0) is 0 Å². The fourth-order valence-electron chi connectivity index (χ4n) is 2.41. The number of nitrogens with one attached hydrogen (secondary N) is 1. The van der Waals surface area contributed by atoms with Crippen LogP contribution in [0.25, 0.3) is 0 Å². The molecule has 0 radical (unpaired) electrons. The lowest BCUT2D eigenvalue weighted by molar-refractivity contribution is 0.104. The fourth-order valence-corrected chi connectivity index (χ4v) is 2.92. The van der Waals surface area contributed by atoms with Gasteiger partial charge < -0.3 is 5.32 Å². The van der Waals surface area contributed by atoms with Crippen LogP contribution in [0, 0.1) is 0 Å². The number of allylic oxidation sites excluding steroid dienone is 1. The van der Waals surface area contributed by atoms with Crippen molar-refractivity contribution in [2.45, 2.75) is 38.1 Å². The molecule has 0 bridgehead atoms. The molecule has 0 saturated heterocycles. The molecule has 0 atom stereocenters. The summed E-state index contributed by atoms with van der Waals surface area (Å²) in [5, 5.41) is 4.50. The maximum atomic E-state index is 12.1. The minimum absolute atomic E-state index is 0.0771. The summed E-state index contributed by atoms with van der Waals surface area (Å²) in [5.74, 6) is 0.0771. The Hall–Kier alpha value is -1.22. The summed E-state index contributed by atoms with van der Waals surface area (Å²) in [6.45, 7) is 0. The molecule has 1 aliphatic rings. The van der Waals surface area contributed by atoms with Crippen LogP contribution in [0.2, 0.25) is 0 Å². The van der Waals surface area contributed by atoms with Gasteiger partial charge in [0.2, 0.25) is 0 Å². The zero-order valence-corrected chi connectivity index (χ0v) is 12.2. The lowest BCUT2D eigenvalue weighted by Crippen LogP contribution is -2.29. The van der Waals surface area contributed by atoms with Gasteiger partial charge in [0.25, 0.3) is 0 Å². The van der Waals surface area contributed by atoms with E-state index in [-0.39, 0.29) is 5.78 Å². The summed E-state index contributed by atoms with van der Waals surface area (Å²) >= 11 is 1.62. The third-order valence-electron chi connectivity index (χ3n) is 3.49. The number of rotatable bonds is 5. The summed E-state index contributed by atoms with van der Waals surface area (Å²) in [7, 11) is 0. The molecule has 2 nitrogen and oxygen atoms in total. The van der Waals surface area contributed by atoms with E-state index >= 15 is 0 Å². The molecular formula is C16H21NOS. The van der Waals surface area contributed by atoms with E-state index in [9.17, 15) is 4.79 Å². The molecule has 0 amide bonds. The standard InChI is InChI=1S/C16H21NOS/c1-19-16(17-14-10-6-3-7-11-14)12-15(18)13-8-4-2-5-9-13/h2,4-5,8-9,12,14,17H,3,6-7,10-11H2,1H3. The number of carbonyl (C=O) groups is 1. The molecule has 0 spiro atoms. The van der Waals surface area contributed by atoms with Crippen LogP contribution in [0.5, 0.6) is 0 Å². The van der Waals surface area contributed by atoms with E-state index in [2.05, 4.69) is 5.32 Å². The summed E-state index contributed by atoms with van der Waals surface area (Å²) in [5.41, 5.74) is 0.750. The van der Waals surface area contributed by atoms with Crippen molar-refractivity contribution in [2.24, 2.45) is 0 Å². The third kappa shape index (κ3) is 4.43. The number of hydrogen-bond acceptors (Lipinski definition) is 3. The maximum absolute atomic E-state index is 12.1. The van der Waals surface area contributed by atoms with Gasteiger partial charge in [-0.05, 0) is 19.1 Å². The fraction of sp³-hybridized carbons (Fsp3) is 0.438. The predicted octanol–water partition coefficient (Wildman–Crippen LogP) is 4.00. The Labute approximate surface area is 119 Å². The second-order valence-electron chi connectivity index (χ2n) is 4.92. The summed E-state index contributed by atoms with van der Waals surface area (Å²) in [6, 6.07) is 9.98. The molecular weight excluding hydrogens is 254 g/mol.